The summed E-state index contributed by atoms with van der Waals surface area (Å²) in [7, 11) is 0. The molecular formula is C9H10O3. The van der Waals surface area contributed by atoms with E-state index in [0.717, 1.165) is 5.56 Å². The molecule has 1 aliphatic rings. The van der Waals surface area contributed by atoms with Crippen LogP contribution in [0.5, 0.6) is 17.2 Å². The molecule has 1 aromatic rings. The van der Waals surface area contributed by atoms with Crippen LogP contribution in [0.3, 0.4) is 0 Å². The van der Waals surface area contributed by atoms with E-state index in [9.17, 15) is 5.11 Å². The Morgan fingerprint density at radius 1 is 1.33 bits per heavy atom. The zero-order valence-corrected chi connectivity index (χ0v) is 7.00. The summed E-state index contributed by atoms with van der Waals surface area (Å²) in [5.74, 6) is 1.25. The number of hydrogen-bond acceptors (Lipinski definition) is 3. The van der Waals surface area contributed by atoms with Crippen molar-refractivity contribution in [3.05, 3.63) is 17.7 Å². The van der Waals surface area contributed by atoms with E-state index in [1.807, 2.05) is 6.92 Å². The molecule has 0 amide bonds. The Morgan fingerprint density at radius 2 is 2.08 bits per heavy atom. The van der Waals surface area contributed by atoms with Crippen molar-refractivity contribution in [3.8, 4) is 17.2 Å². The quantitative estimate of drug-likeness (QED) is 0.638. The average Bonchev–Trinajstić information content (AvgIpc) is 2.39. The molecule has 0 aromatic heterocycles. The number of aryl methyl sites for hydroxylation is 1. The molecule has 0 aliphatic carbocycles. The molecule has 0 saturated heterocycles. The molecule has 0 fully saturated rings. The van der Waals surface area contributed by atoms with Gasteiger partial charge in [0.15, 0.2) is 11.5 Å². The number of aromatic hydroxyl groups is 1. The number of rotatable bonds is 0. The highest BCUT2D eigenvalue weighted by Gasteiger charge is 2.24. The third kappa shape index (κ3) is 0.897. The summed E-state index contributed by atoms with van der Waals surface area (Å²) in [4.78, 5) is 0. The van der Waals surface area contributed by atoms with Gasteiger partial charge in [-0.1, -0.05) is 6.07 Å². The van der Waals surface area contributed by atoms with Crippen molar-refractivity contribution >= 4 is 0 Å². The van der Waals surface area contributed by atoms with Crippen LogP contribution in [0.1, 0.15) is 12.5 Å². The zero-order chi connectivity index (χ0) is 8.72. The average molecular weight is 166 g/mol. The molecule has 0 radical (unpaired) electrons. The van der Waals surface area contributed by atoms with Crippen LogP contribution in [0.4, 0.5) is 0 Å². The smallest absolute Gasteiger partial charge is 0.239 e. The number of phenols is 1. The Balaban J connectivity index is 2.54. The lowest BCUT2D eigenvalue weighted by molar-refractivity contribution is 0.0664. The van der Waals surface area contributed by atoms with E-state index in [0.29, 0.717) is 11.5 Å². The number of benzene rings is 1. The SMILES string of the molecule is Cc1ccc2c(c1O)OC(C)O2. The van der Waals surface area contributed by atoms with Gasteiger partial charge in [-0.3, -0.25) is 0 Å². The second-order valence-corrected chi connectivity index (χ2v) is 2.86. The molecule has 1 atom stereocenters. The normalized spacial score (nSPS) is 19.7. The molecule has 64 valence electrons. The maximum Gasteiger partial charge on any atom is 0.239 e. The van der Waals surface area contributed by atoms with E-state index in [-0.39, 0.29) is 12.0 Å². The Kier molecular flexibility index (Phi) is 1.40. The van der Waals surface area contributed by atoms with Gasteiger partial charge in [0.1, 0.15) is 0 Å². The van der Waals surface area contributed by atoms with Gasteiger partial charge in [-0.15, -0.1) is 0 Å². The summed E-state index contributed by atoms with van der Waals surface area (Å²) >= 11 is 0. The monoisotopic (exact) mass is 166 g/mol. The van der Waals surface area contributed by atoms with E-state index in [4.69, 9.17) is 9.47 Å². The summed E-state index contributed by atoms with van der Waals surface area (Å²) in [5, 5.41) is 9.53. The molecule has 1 unspecified atom stereocenters. The van der Waals surface area contributed by atoms with Gasteiger partial charge in [-0.05, 0) is 18.6 Å². The Hall–Kier alpha value is -1.38. The molecular weight excluding hydrogens is 156 g/mol. The lowest BCUT2D eigenvalue weighted by atomic mass is 10.2. The van der Waals surface area contributed by atoms with Gasteiger partial charge in [-0.25, -0.2) is 0 Å². The molecule has 1 aliphatic heterocycles. The number of ether oxygens (including phenoxy) is 2. The van der Waals surface area contributed by atoms with Crippen LogP contribution in [0.25, 0.3) is 0 Å². The first-order chi connectivity index (χ1) is 5.68. The number of fused-ring (bicyclic) bond motifs is 1. The molecule has 1 N–H and O–H groups in total. The first-order valence-corrected chi connectivity index (χ1v) is 3.84. The topological polar surface area (TPSA) is 38.7 Å². The standard InChI is InChI=1S/C9H10O3/c1-5-3-4-7-9(8(5)10)12-6(2)11-7/h3-4,6,10H,1-2H3. The molecule has 0 saturated carbocycles. The van der Waals surface area contributed by atoms with Gasteiger partial charge < -0.3 is 14.6 Å². The highest BCUT2D eigenvalue weighted by molar-refractivity contribution is 5.55. The van der Waals surface area contributed by atoms with Gasteiger partial charge in [0.2, 0.25) is 12.0 Å². The fraction of sp³-hybridized carbons (Fsp3) is 0.333. The highest BCUT2D eigenvalue weighted by Crippen LogP contribution is 2.43. The van der Waals surface area contributed by atoms with Gasteiger partial charge in [0.05, 0.1) is 0 Å². The van der Waals surface area contributed by atoms with E-state index >= 15 is 0 Å². The minimum Gasteiger partial charge on any atom is -0.504 e. The third-order valence-electron chi connectivity index (χ3n) is 1.87. The summed E-state index contributed by atoms with van der Waals surface area (Å²) in [6.07, 6.45) is -0.298. The first kappa shape index (κ1) is 7.28. The lowest BCUT2D eigenvalue weighted by Crippen LogP contribution is -2.11. The van der Waals surface area contributed by atoms with Crippen molar-refractivity contribution in [2.45, 2.75) is 20.1 Å². The minimum absolute atomic E-state index is 0.178. The fourth-order valence-electron chi connectivity index (χ4n) is 1.23. The van der Waals surface area contributed by atoms with Crippen LogP contribution >= 0.6 is 0 Å². The molecule has 3 heteroatoms. The van der Waals surface area contributed by atoms with E-state index in [2.05, 4.69) is 0 Å². The minimum atomic E-state index is -0.298. The maximum atomic E-state index is 9.53. The van der Waals surface area contributed by atoms with Gasteiger partial charge in [0.25, 0.3) is 0 Å². The van der Waals surface area contributed by atoms with Crippen molar-refractivity contribution in [3.63, 3.8) is 0 Å². The fourth-order valence-corrected chi connectivity index (χ4v) is 1.23. The van der Waals surface area contributed by atoms with Gasteiger partial charge in [0, 0.05) is 6.92 Å². The van der Waals surface area contributed by atoms with Crippen molar-refractivity contribution in [2.75, 3.05) is 0 Å². The first-order valence-electron chi connectivity index (χ1n) is 3.84. The van der Waals surface area contributed by atoms with Gasteiger partial charge >= 0.3 is 0 Å². The molecule has 0 bridgehead atoms. The molecule has 2 rings (SSSR count). The van der Waals surface area contributed by atoms with Crippen LogP contribution in [0.2, 0.25) is 0 Å². The summed E-state index contributed by atoms with van der Waals surface area (Å²) in [6, 6.07) is 3.60. The molecule has 1 aromatic carbocycles. The van der Waals surface area contributed by atoms with Crippen molar-refractivity contribution in [1.29, 1.82) is 0 Å². The van der Waals surface area contributed by atoms with E-state index in [1.54, 1.807) is 19.1 Å². The summed E-state index contributed by atoms with van der Waals surface area (Å²) in [5.41, 5.74) is 0.798. The maximum absolute atomic E-state index is 9.53. The van der Waals surface area contributed by atoms with Crippen molar-refractivity contribution < 1.29 is 14.6 Å². The summed E-state index contributed by atoms with van der Waals surface area (Å²) in [6.45, 7) is 3.61. The van der Waals surface area contributed by atoms with Crippen LogP contribution in [0.15, 0.2) is 12.1 Å². The van der Waals surface area contributed by atoms with E-state index in [1.165, 1.54) is 0 Å². The second kappa shape index (κ2) is 2.30. The Morgan fingerprint density at radius 3 is 2.83 bits per heavy atom. The van der Waals surface area contributed by atoms with Crippen molar-refractivity contribution in [1.82, 2.24) is 0 Å². The lowest BCUT2D eigenvalue weighted by Gasteiger charge is -2.02. The molecule has 0 spiro atoms. The largest absolute Gasteiger partial charge is 0.504 e. The van der Waals surface area contributed by atoms with Crippen LogP contribution in [-0.2, 0) is 0 Å². The van der Waals surface area contributed by atoms with E-state index < -0.39 is 0 Å². The zero-order valence-electron chi connectivity index (χ0n) is 7.00. The highest BCUT2D eigenvalue weighted by atomic mass is 16.7. The Bertz CT molecular complexity index is 320. The molecule has 3 nitrogen and oxygen atoms in total. The predicted octanol–water partition coefficient (Wildman–Crippen LogP) is 1.82. The summed E-state index contributed by atoms with van der Waals surface area (Å²) < 4.78 is 10.5. The number of hydrogen-bond donors (Lipinski definition) is 1. The van der Waals surface area contributed by atoms with Crippen LogP contribution in [0, 0.1) is 6.92 Å². The predicted molar refractivity (Wildman–Crippen MR) is 43.6 cm³/mol. The number of phenolic OH excluding ortho intramolecular Hbond substituents is 1. The van der Waals surface area contributed by atoms with Crippen LogP contribution < -0.4 is 9.47 Å². The molecule has 1 heterocycles. The second-order valence-electron chi connectivity index (χ2n) is 2.86. The Labute approximate surface area is 70.5 Å². The molecule has 12 heavy (non-hydrogen) atoms. The van der Waals surface area contributed by atoms with Crippen molar-refractivity contribution in [2.24, 2.45) is 0 Å². The third-order valence-corrected chi connectivity index (χ3v) is 1.87. The van der Waals surface area contributed by atoms with Crippen LogP contribution in [-0.4, -0.2) is 11.4 Å². The van der Waals surface area contributed by atoms with Gasteiger partial charge in [-0.2, -0.15) is 0 Å².